The molecule has 0 fully saturated rings. The molecule has 1 aromatic carbocycles. The van der Waals surface area contributed by atoms with Crippen LogP contribution in [0.5, 0.6) is 0 Å². The third-order valence-corrected chi connectivity index (χ3v) is 2.66. The van der Waals surface area contributed by atoms with Crippen molar-refractivity contribution in [2.45, 2.75) is 12.8 Å². The van der Waals surface area contributed by atoms with Crippen molar-refractivity contribution in [3.05, 3.63) is 29.3 Å². The number of ketones is 1. The molecule has 0 atom stereocenters. The maximum absolute atomic E-state index is 11.6. The quantitative estimate of drug-likeness (QED) is 0.743. The summed E-state index contributed by atoms with van der Waals surface area (Å²) in [4.78, 5) is 22.8. The van der Waals surface area contributed by atoms with Crippen LogP contribution in [0.15, 0.2) is 18.2 Å². The lowest BCUT2D eigenvalue weighted by Gasteiger charge is -2.17. The Morgan fingerprint density at radius 3 is 3.00 bits per heavy atom. The molecule has 4 heteroatoms. The summed E-state index contributed by atoms with van der Waals surface area (Å²) in [5, 5.41) is 5.63. The van der Waals surface area contributed by atoms with E-state index in [2.05, 4.69) is 10.6 Å². The molecule has 2 rings (SSSR count). The molecule has 1 amide bonds. The second-order valence-corrected chi connectivity index (χ2v) is 3.87. The van der Waals surface area contributed by atoms with Gasteiger partial charge in [0.25, 0.3) is 0 Å². The molecule has 0 unspecified atom stereocenters. The molecule has 1 aliphatic heterocycles. The van der Waals surface area contributed by atoms with Crippen LogP contribution in [-0.4, -0.2) is 25.3 Å². The molecule has 16 heavy (non-hydrogen) atoms. The van der Waals surface area contributed by atoms with Crippen LogP contribution in [0.3, 0.4) is 0 Å². The number of hydrogen-bond acceptors (Lipinski definition) is 3. The Hall–Kier alpha value is -1.68. The van der Waals surface area contributed by atoms with Gasteiger partial charge in [-0.1, -0.05) is 0 Å². The fourth-order valence-electron chi connectivity index (χ4n) is 1.82. The van der Waals surface area contributed by atoms with E-state index in [4.69, 9.17) is 0 Å². The third kappa shape index (κ3) is 2.12. The van der Waals surface area contributed by atoms with E-state index in [0.717, 1.165) is 11.3 Å². The number of aryl methyl sites for hydroxylation is 1. The first kappa shape index (κ1) is 10.8. The normalized spacial score (nSPS) is 14.2. The van der Waals surface area contributed by atoms with Crippen molar-refractivity contribution in [2.75, 3.05) is 18.9 Å². The number of benzene rings is 1. The van der Waals surface area contributed by atoms with Crippen molar-refractivity contribution < 1.29 is 9.59 Å². The molecular weight excluding hydrogens is 204 g/mol. The van der Waals surface area contributed by atoms with Gasteiger partial charge in [0.1, 0.15) is 0 Å². The number of carbonyl (C=O) groups is 2. The second-order valence-electron chi connectivity index (χ2n) is 3.87. The number of carbonyl (C=O) groups excluding carboxylic acids is 2. The summed E-state index contributed by atoms with van der Waals surface area (Å²) in [6.07, 6.45) is 1.21. The molecule has 0 radical (unpaired) electrons. The molecule has 2 N–H and O–H groups in total. The van der Waals surface area contributed by atoms with Crippen molar-refractivity contribution in [1.29, 1.82) is 0 Å². The van der Waals surface area contributed by atoms with E-state index < -0.39 is 0 Å². The average Bonchev–Trinajstić information content (AvgIpc) is 2.28. The van der Waals surface area contributed by atoms with E-state index in [1.54, 1.807) is 19.2 Å². The number of likely N-dealkylation sites (N-methyl/N-ethyl adjacent to an activating group) is 1. The van der Waals surface area contributed by atoms with Gasteiger partial charge in [0.05, 0.1) is 6.54 Å². The van der Waals surface area contributed by atoms with E-state index >= 15 is 0 Å². The lowest BCUT2D eigenvalue weighted by atomic mass is 9.99. The number of amides is 1. The van der Waals surface area contributed by atoms with Gasteiger partial charge in [-0.15, -0.1) is 0 Å². The molecule has 0 spiro atoms. The first-order valence-corrected chi connectivity index (χ1v) is 5.31. The highest BCUT2D eigenvalue weighted by atomic mass is 16.1. The van der Waals surface area contributed by atoms with Crippen molar-refractivity contribution in [2.24, 2.45) is 0 Å². The van der Waals surface area contributed by atoms with Crippen LogP contribution < -0.4 is 10.6 Å². The standard InChI is InChI=1S/C12H14N2O2/c1-13-7-11(15)9-2-4-10-8(6-9)3-5-12(16)14-10/h2,4,6,13H,3,5,7H2,1H3,(H,14,16). The first-order chi connectivity index (χ1) is 7.70. The van der Waals surface area contributed by atoms with Gasteiger partial charge in [0, 0.05) is 17.7 Å². The smallest absolute Gasteiger partial charge is 0.224 e. The van der Waals surface area contributed by atoms with Crippen molar-refractivity contribution in [3.63, 3.8) is 0 Å². The van der Waals surface area contributed by atoms with Crippen LogP contribution in [0.1, 0.15) is 22.3 Å². The van der Waals surface area contributed by atoms with Gasteiger partial charge in [0.15, 0.2) is 5.78 Å². The molecule has 0 aliphatic carbocycles. The molecule has 1 aliphatic rings. The topological polar surface area (TPSA) is 58.2 Å². The third-order valence-electron chi connectivity index (χ3n) is 2.66. The van der Waals surface area contributed by atoms with Crippen molar-refractivity contribution >= 4 is 17.4 Å². The molecule has 0 saturated carbocycles. The van der Waals surface area contributed by atoms with Gasteiger partial charge in [0.2, 0.25) is 5.91 Å². The van der Waals surface area contributed by atoms with E-state index in [1.165, 1.54) is 0 Å². The van der Waals surface area contributed by atoms with Crippen molar-refractivity contribution in [3.8, 4) is 0 Å². The Morgan fingerprint density at radius 1 is 1.44 bits per heavy atom. The minimum absolute atomic E-state index is 0.0433. The minimum Gasteiger partial charge on any atom is -0.326 e. The maximum Gasteiger partial charge on any atom is 0.224 e. The van der Waals surface area contributed by atoms with Gasteiger partial charge in [-0.2, -0.15) is 0 Å². The molecular formula is C12H14N2O2. The van der Waals surface area contributed by atoms with Crippen LogP contribution in [0.2, 0.25) is 0 Å². The Bertz CT molecular complexity index is 441. The van der Waals surface area contributed by atoms with Crippen LogP contribution in [0.25, 0.3) is 0 Å². The predicted molar refractivity (Wildman–Crippen MR) is 61.6 cm³/mol. The summed E-state index contributed by atoms with van der Waals surface area (Å²) in [5.74, 6) is 0.115. The minimum atomic E-state index is 0.0433. The lowest BCUT2D eigenvalue weighted by molar-refractivity contribution is -0.116. The van der Waals surface area contributed by atoms with Crippen LogP contribution in [0, 0.1) is 0 Å². The first-order valence-electron chi connectivity index (χ1n) is 5.31. The molecule has 1 heterocycles. The zero-order valence-electron chi connectivity index (χ0n) is 9.17. The zero-order valence-corrected chi connectivity index (χ0v) is 9.17. The van der Waals surface area contributed by atoms with Gasteiger partial charge in [-0.05, 0) is 37.2 Å². The Balaban J connectivity index is 2.26. The van der Waals surface area contributed by atoms with Crippen molar-refractivity contribution in [1.82, 2.24) is 5.32 Å². The molecule has 0 aromatic heterocycles. The Morgan fingerprint density at radius 2 is 2.25 bits per heavy atom. The summed E-state index contributed by atoms with van der Waals surface area (Å²) in [6, 6.07) is 5.42. The lowest BCUT2D eigenvalue weighted by Crippen LogP contribution is -2.21. The monoisotopic (exact) mass is 218 g/mol. The zero-order chi connectivity index (χ0) is 11.5. The van der Waals surface area contributed by atoms with E-state index in [0.29, 0.717) is 24.9 Å². The fraction of sp³-hybridized carbons (Fsp3) is 0.333. The van der Waals surface area contributed by atoms with Crippen LogP contribution in [-0.2, 0) is 11.2 Å². The number of Topliss-reactive ketones (excluding diaryl/α,β-unsaturated/α-hetero) is 1. The van der Waals surface area contributed by atoms with Crippen LogP contribution >= 0.6 is 0 Å². The molecule has 4 nitrogen and oxygen atoms in total. The van der Waals surface area contributed by atoms with Crippen LogP contribution in [0.4, 0.5) is 5.69 Å². The molecule has 1 aromatic rings. The Labute approximate surface area is 94.0 Å². The molecule has 0 bridgehead atoms. The van der Waals surface area contributed by atoms with E-state index in [1.807, 2.05) is 6.07 Å². The highest BCUT2D eigenvalue weighted by Crippen LogP contribution is 2.23. The second kappa shape index (κ2) is 4.45. The maximum atomic E-state index is 11.6. The highest BCUT2D eigenvalue weighted by Gasteiger charge is 2.16. The van der Waals surface area contributed by atoms with Gasteiger partial charge in [-0.3, -0.25) is 9.59 Å². The number of hydrogen-bond donors (Lipinski definition) is 2. The summed E-state index contributed by atoms with van der Waals surface area (Å²) >= 11 is 0. The van der Waals surface area contributed by atoms with E-state index in [9.17, 15) is 9.59 Å². The SMILES string of the molecule is CNCC(=O)c1ccc2c(c1)CCC(=O)N2. The number of anilines is 1. The Kier molecular flexibility index (Phi) is 3.01. The van der Waals surface area contributed by atoms with Gasteiger partial charge < -0.3 is 10.6 Å². The van der Waals surface area contributed by atoms with E-state index in [-0.39, 0.29) is 11.7 Å². The number of nitrogens with one attached hydrogen (secondary N) is 2. The number of fused-ring (bicyclic) bond motifs is 1. The largest absolute Gasteiger partial charge is 0.326 e. The highest BCUT2D eigenvalue weighted by molar-refractivity contribution is 5.99. The number of rotatable bonds is 3. The van der Waals surface area contributed by atoms with Gasteiger partial charge in [-0.25, -0.2) is 0 Å². The summed E-state index contributed by atoms with van der Waals surface area (Å²) in [7, 11) is 1.75. The molecule has 0 saturated heterocycles. The van der Waals surface area contributed by atoms with Gasteiger partial charge >= 0.3 is 0 Å². The summed E-state index contributed by atoms with van der Waals surface area (Å²) in [6.45, 7) is 0.338. The summed E-state index contributed by atoms with van der Waals surface area (Å²) < 4.78 is 0. The summed E-state index contributed by atoms with van der Waals surface area (Å²) in [5.41, 5.74) is 2.57. The average molecular weight is 218 g/mol. The fourth-order valence-corrected chi connectivity index (χ4v) is 1.82. The predicted octanol–water partition coefficient (Wildman–Crippen LogP) is 0.973. The molecule has 84 valence electrons.